The summed E-state index contributed by atoms with van der Waals surface area (Å²) in [5.74, 6) is 0.784. The van der Waals surface area contributed by atoms with Crippen molar-refractivity contribution in [3.05, 3.63) is 51.7 Å². The average Bonchev–Trinajstić information content (AvgIpc) is 3.45. The zero-order valence-electron chi connectivity index (χ0n) is 20.7. The minimum atomic E-state index is -0.535. The monoisotopic (exact) mass is 509 g/mol. The fourth-order valence-electron chi connectivity index (χ4n) is 5.63. The molecule has 4 heterocycles. The van der Waals surface area contributed by atoms with E-state index in [4.69, 9.17) is 4.74 Å². The van der Waals surface area contributed by atoms with Crippen LogP contribution in [-0.2, 0) is 16.1 Å². The van der Waals surface area contributed by atoms with E-state index >= 15 is 0 Å². The van der Waals surface area contributed by atoms with E-state index in [2.05, 4.69) is 10.2 Å². The molecule has 1 aromatic heterocycles. The Balaban J connectivity index is 1.03. The minimum absolute atomic E-state index is 0.0615. The first kappa shape index (κ1) is 25.0. The molecule has 192 valence electrons. The Kier molecular flexibility index (Phi) is 8.02. The third kappa shape index (κ3) is 5.65. The van der Waals surface area contributed by atoms with Crippen LogP contribution in [0.4, 0.5) is 0 Å². The number of imide groups is 1. The summed E-state index contributed by atoms with van der Waals surface area (Å²) in [5.41, 5.74) is 1.88. The van der Waals surface area contributed by atoms with Crippen molar-refractivity contribution in [2.45, 2.75) is 69.9 Å². The number of hydrogen-bond acceptors (Lipinski definition) is 6. The number of nitrogens with one attached hydrogen (secondary N) is 1. The van der Waals surface area contributed by atoms with Crippen molar-refractivity contribution < 1.29 is 19.1 Å². The second-order valence-electron chi connectivity index (χ2n) is 10.1. The topological polar surface area (TPSA) is 79.0 Å². The first-order valence-electron chi connectivity index (χ1n) is 13.3. The Morgan fingerprint density at radius 2 is 1.75 bits per heavy atom. The summed E-state index contributed by atoms with van der Waals surface area (Å²) >= 11 is 1.71. The lowest BCUT2D eigenvalue weighted by atomic mass is 9.92. The Morgan fingerprint density at radius 1 is 0.972 bits per heavy atom. The summed E-state index contributed by atoms with van der Waals surface area (Å²) < 4.78 is 5.77. The van der Waals surface area contributed by atoms with Gasteiger partial charge in [-0.2, -0.15) is 0 Å². The maximum absolute atomic E-state index is 13.0. The number of nitrogens with zero attached hydrogens (tertiary/aromatic N) is 2. The maximum atomic E-state index is 13.0. The van der Waals surface area contributed by atoms with Gasteiger partial charge >= 0.3 is 0 Å². The number of amides is 3. The highest BCUT2D eigenvalue weighted by Crippen LogP contribution is 2.41. The molecule has 2 fully saturated rings. The lowest BCUT2D eigenvalue weighted by Crippen LogP contribution is -2.52. The first-order valence-corrected chi connectivity index (χ1v) is 14.1. The van der Waals surface area contributed by atoms with Gasteiger partial charge in [-0.15, -0.1) is 11.3 Å². The summed E-state index contributed by atoms with van der Waals surface area (Å²) in [6.07, 6.45) is 7.68. The highest BCUT2D eigenvalue weighted by Gasteiger charge is 2.41. The van der Waals surface area contributed by atoms with Crippen LogP contribution < -0.4 is 10.1 Å². The quantitative estimate of drug-likeness (QED) is 0.381. The first-order chi connectivity index (χ1) is 17.6. The molecule has 2 saturated heterocycles. The fourth-order valence-corrected chi connectivity index (χ4v) is 6.86. The number of benzene rings is 1. The molecule has 0 aliphatic carbocycles. The Bertz CT molecular complexity index is 1080. The van der Waals surface area contributed by atoms with E-state index in [0.717, 1.165) is 62.4 Å². The average molecular weight is 510 g/mol. The van der Waals surface area contributed by atoms with E-state index in [9.17, 15) is 14.4 Å². The normalized spacial score (nSPS) is 21.1. The molecule has 7 nitrogen and oxygen atoms in total. The van der Waals surface area contributed by atoms with Gasteiger partial charge in [0.25, 0.3) is 5.91 Å². The molecule has 5 rings (SSSR count). The standard InChI is InChI=1S/C28H35N3O4S/c32-25-11-10-24(27(33)29-25)31-18-22-23(28(31)34)19-36-26(22)20-12-15-30(16-13-20)14-6-1-2-7-17-35-21-8-4-3-5-9-21/h3-5,8-9,19-20,24H,1-2,6-7,10-18H2,(H,29,32,33). The molecule has 1 unspecified atom stereocenters. The smallest absolute Gasteiger partial charge is 0.256 e. The summed E-state index contributed by atoms with van der Waals surface area (Å²) in [5, 5.41) is 4.36. The largest absolute Gasteiger partial charge is 0.494 e. The van der Waals surface area contributed by atoms with Crippen molar-refractivity contribution in [3.8, 4) is 5.75 Å². The highest BCUT2D eigenvalue weighted by molar-refractivity contribution is 7.10. The van der Waals surface area contributed by atoms with Crippen LogP contribution in [0.25, 0.3) is 0 Å². The highest BCUT2D eigenvalue weighted by atomic mass is 32.1. The maximum Gasteiger partial charge on any atom is 0.256 e. The van der Waals surface area contributed by atoms with Crippen molar-refractivity contribution in [1.82, 2.24) is 15.1 Å². The van der Waals surface area contributed by atoms with Crippen LogP contribution in [0.2, 0.25) is 0 Å². The number of fused-ring (bicyclic) bond motifs is 1. The molecule has 3 amide bonds. The minimum Gasteiger partial charge on any atom is -0.494 e. The lowest BCUT2D eigenvalue weighted by molar-refractivity contribution is -0.136. The third-order valence-corrected chi connectivity index (χ3v) is 8.86. The predicted molar refractivity (Wildman–Crippen MR) is 139 cm³/mol. The number of likely N-dealkylation sites (tertiary alicyclic amines) is 1. The molecule has 1 aromatic carbocycles. The SMILES string of the molecule is O=C1CCC(N2Cc3c(csc3C3CCN(CCCCCCOc4ccccc4)CC3)C2=O)C(=O)N1. The summed E-state index contributed by atoms with van der Waals surface area (Å²) in [6.45, 7) is 4.62. The second kappa shape index (κ2) is 11.6. The number of carbonyl (C=O) groups is 3. The van der Waals surface area contributed by atoms with Crippen molar-refractivity contribution in [2.24, 2.45) is 0 Å². The van der Waals surface area contributed by atoms with Crippen LogP contribution in [0.1, 0.15) is 78.1 Å². The summed E-state index contributed by atoms with van der Waals surface area (Å²) in [4.78, 5) is 42.4. The van der Waals surface area contributed by atoms with Crippen molar-refractivity contribution in [1.29, 1.82) is 0 Å². The molecule has 0 saturated carbocycles. The van der Waals surface area contributed by atoms with Crippen molar-refractivity contribution >= 4 is 29.1 Å². The number of thiophene rings is 1. The van der Waals surface area contributed by atoms with E-state index in [1.165, 1.54) is 24.1 Å². The van der Waals surface area contributed by atoms with Crippen LogP contribution in [0.3, 0.4) is 0 Å². The van der Waals surface area contributed by atoms with Crippen molar-refractivity contribution in [3.63, 3.8) is 0 Å². The fraction of sp³-hybridized carbons (Fsp3) is 0.536. The van der Waals surface area contributed by atoms with E-state index in [0.29, 0.717) is 25.3 Å². The molecule has 1 atom stereocenters. The Morgan fingerprint density at radius 3 is 2.53 bits per heavy atom. The second-order valence-corrected chi connectivity index (χ2v) is 11.0. The van der Waals surface area contributed by atoms with Gasteiger partial charge in [-0.3, -0.25) is 19.7 Å². The van der Waals surface area contributed by atoms with Gasteiger partial charge in [-0.25, -0.2) is 0 Å². The van der Waals surface area contributed by atoms with Gasteiger partial charge in [0.15, 0.2) is 0 Å². The van der Waals surface area contributed by atoms with Gasteiger partial charge in [0, 0.05) is 23.2 Å². The van der Waals surface area contributed by atoms with Crippen LogP contribution in [0, 0.1) is 0 Å². The summed E-state index contributed by atoms with van der Waals surface area (Å²) in [6, 6.07) is 9.47. The molecule has 36 heavy (non-hydrogen) atoms. The molecular formula is C28H35N3O4S. The van der Waals surface area contributed by atoms with E-state index in [1.807, 2.05) is 35.7 Å². The van der Waals surface area contributed by atoms with Gasteiger partial charge in [0.05, 0.1) is 12.2 Å². The van der Waals surface area contributed by atoms with Gasteiger partial charge in [0.1, 0.15) is 11.8 Å². The van der Waals surface area contributed by atoms with Gasteiger partial charge in [0.2, 0.25) is 11.8 Å². The zero-order valence-corrected chi connectivity index (χ0v) is 21.6. The molecule has 1 N–H and O–H groups in total. The van der Waals surface area contributed by atoms with E-state index in [1.54, 1.807) is 16.2 Å². The lowest BCUT2D eigenvalue weighted by Gasteiger charge is -2.32. The summed E-state index contributed by atoms with van der Waals surface area (Å²) in [7, 11) is 0. The number of carbonyl (C=O) groups excluding carboxylic acids is 3. The molecule has 0 bridgehead atoms. The number of rotatable bonds is 10. The molecule has 0 radical (unpaired) electrons. The molecular weight excluding hydrogens is 474 g/mol. The van der Waals surface area contributed by atoms with Gasteiger partial charge in [-0.05, 0) is 75.4 Å². The molecule has 8 heteroatoms. The van der Waals surface area contributed by atoms with Crippen LogP contribution >= 0.6 is 11.3 Å². The molecule has 0 spiro atoms. The van der Waals surface area contributed by atoms with Gasteiger partial charge in [-0.1, -0.05) is 31.0 Å². The van der Waals surface area contributed by atoms with Crippen LogP contribution in [0.5, 0.6) is 5.75 Å². The Hall–Kier alpha value is -2.71. The predicted octanol–water partition coefficient (Wildman–Crippen LogP) is 4.33. The number of ether oxygens (including phenoxy) is 1. The van der Waals surface area contributed by atoms with Gasteiger partial charge < -0.3 is 14.5 Å². The molecule has 2 aromatic rings. The van der Waals surface area contributed by atoms with Crippen molar-refractivity contribution in [2.75, 3.05) is 26.2 Å². The number of piperidine rings is 2. The van der Waals surface area contributed by atoms with Crippen LogP contribution in [-0.4, -0.2) is 59.8 Å². The zero-order chi connectivity index (χ0) is 24.9. The van der Waals surface area contributed by atoms with E-state index in [-0.39, 0.29) is 17.7 Å². The number of para-hydroxylation sites is 1. The van der Waals surface area contributed by atoms with E-state index < -0.39 is 6.04 Å². The number of unbranched alkanes of at least 4 members (excludes halogenated alkanes) is 3. The third-order valence-electron chi connectivity index (χ3n) is 7.67. The molecule has 3 aliphatic rings. The Labute approximate surface area is 216 Å². The van der Waals surface area contributed by atoms with Crippen LogP contribution in [0.15, 0.2) is 35.7 Å². The molecule has 3 aliphatic heterocycles. The number of hydrogen-bond donors (Lipinski definition) is 1.